The van der Waals surface area contributed by atoms with Crippen molar-refractivity contribution in [3.05, 3.63) is 30.1 Å². The minimum absolute atomic E-state index is 0.0710. The Labute approximate surface area is 136 Å². The Morgan fingerprint density at radius 3 is 2.96 bits per heavy atom. The average Bonchev–Trinajstić information content (AvgIpc) is 2.90. The maximum atomic E-state index is 12.3. The van der Waals surface area contributed by atoms with Gasteiger partial charge in [-0.1, -0.05) is 25.0 Å². The Balaban J connectivity index is 1.44. The lowest BCUT2D eigenvalue weighted by atomic mass is 9.82. The molecule has 1 aliphatic heterocycles. The van der Waals surface area contributed by atoms with Gasteiger partial charge in [-0.2, -0.15) is 0 Å². The molecular weight excluding hydrogens is 288 g/mol. The molecule has 2 aliphatic rings. The van der Waals surface area contributed by atoms with Crippen LogP contribution in [0.3, 0.4) is 0 Å². The molecule has 3 unspecified atom stereocenters. The number of para-hydroxylation sites is 2. The van der Waals surface area contributed by atoms with E-state index in [2.05, 4.69) is 28.3 Å². The zero-order chi connectivity index (χ0) is 15.8. The number of amides is 1. The van der Waals surface area contributed by atoms with Crippen molar-refractivity contribution in [2.24, 2.45) is 13.0 Å². The molecule has 1 saturated heterocycles. The van der Waals surface area contributed by atoms with E-state index in [1.807, 2.05) is 18.2 Å². The Kier molecular flexibility index (Phi) is 3.81. The highest BCUT2D eigenvalue weighted by Gasteiger charge is 2.37. The summed E-state index contributed by atoms with van der Waals surface area (Å²) < 4.78 is 2.16. The van der Waals surface area contributed by atoms with Crippen LogP contribution in [0.15, 0.2) is 24.3 Å². The number of rotatable bonds is 3. The molecule has 23 heavy (non-hydrogen) atoms. The quantitative estimate of drug-likeness (QED) is 0.912. The number of carbonyl (C=O) groups excluding carboxylic acids is 1. The highest BCUT2D eigenvalue weighted by molar-refractivity contribution is 5.80. The Hall–Kier alpha value is -1.88. The number of carbonyl (C=O) groups is 1. The zero-order valence-electron chi connectivity index (χ0n) is 13.6. The first kappa shape index (κ1) is 14.7. The number of nitrogens with one attached hydrogen (secondary N) is 2. The van der Waals surface area contributed by atoms with E-state index < -0.39 is 0 Å². The lowest BCUT2D eigenvalue weighted by molar-refractivity contribution is -0.130. The predicted molar refractivity (Wildman–Crippen MR) is 89.8 cm³/mol. The molecule has 122 valence electrons. The molecule has 0 spiro atoms. The lowest BCUT2D eigenvalue weighted by Gasteiger charge is -2.40. The fourth-order valence-electron chi connectivity index (χ4n) is 4.07. The summed E-state index contributed by atoms with van der Waals surface area (Å²) >= 11 is 0. The molecular formula is C18H24N4O. The third kappa shape index (κ3) is 2.74. The van der Waals surface area contributed by atoms with Crippen LogP contribution in [0, 0.1) is 5.92 Å². The second-order valence-electron chi connectivity index (χ2n) is 6.84. The number of fused-ring (bicyclic) bond motifs is 2. The summed E-state index contributed by atoms with van der Waals surface area (Å²) in [4.78, 5) is 17.0. The van der Waals surface area contributed by atoms with E-state index in [9.17, 15) is 4.79 Å². The second kappa shape index (κ2) is 5.96. The van der Waals surface area contributed by atoms with Gasteiger partial charge >= 0.3 is 0 Å². The molecule has 2 aromatic rings. The van der Waals surface area contributed by atoms with Crippen LogP contribution in [-0.2, 0) is 18.3 Å². The molecule has 5 heteroatoms. The monoisotopic (exact) mass is 312 g/mol. The molecule has 2 fully saturated rings. The number of hydrogen-bond donors (Lipinski definition) is 2. The normalized spacial score (nSPS) is 27.7. The van der Waals surface area contributed by atoms with Crippen LogP contribution >= 0.6 is 0 Å². The first-order valence-electron chi connectivity index (χ1n) is 8.69. The van der Waals surface area contributed by atoms with Gasteiger partial charge in [-0.3, -0.25) is 10.1 Å². The van der Waals surface area contributed by atoms with E-state index in [-0.39, 0.29) is 18.0 Å². The van der Waals surface area contributed by atoms with E-state index in [0.717, 1.165) is 42.5 Å². The number of benzene rings is 1. The van der Waals surface area contributed by atoms with Crippen molar-refractivity contribution in [1.82, 2.24) is 20.2 Å². The molecule has 1 amide bonds. The average molecular weight is 312 g/mol. The van der Waals surface area contributed by atoms with Crippen LogP contribution in [0.1, 0.15) is 37.9 Å². The van der Waals surface area contributed by atoms with Gasteiger partial charge in [0.15, 0.2) is 0 Å². The van der Waals surface area contributed by atoms with Crippen LogP contribution in [0.4, 0.5) is 0 Å². The SMILES string of the molecule is Cn1c(CCC2NC(=O)C3CCCCC3N2)nc2ccccc21. The highest BCUT2D eigenvalue weighted by Crippen LogP contribution is 2.27. The van der Waals surface area contributed by atoms with E-state index in [1.54, 1.807) is 0 Å². The summed E-state index contributed by atoms with van der Waals surface area (Å²) in [7, 11) is 2.06. The van der Waals surface area contributed by atoms with Crippen molar-refractivity contribution in [3.63, 3.8) is 0 Å². The third-order valence-electron chi connectivity index (χ3n) is 5.37. The largest absolute Gasteiger partial charge is 0.340 e. The molecule has 5 nitrogen and oxygen atoms in total. The minimum atomic E-state index is 0.0710. The molecule has 1 aromatic heterocycles. The lowest BCUT2D eigenvalue weighted by Crippen LogP contribution is -2.62. The van der Waals surface area contributed by atoms with E-state index >= 15 is 0 Å². The van der Waals surface area contributed by atoms with Crippen molar-refractivity contribution in [1.29, 1.82) is 0 Å². The van der Waals surface area contributed by atoms with Gasteiger partial charge in [-0.05, 0) is 31.4 Å². The van der Waals surface area contributed by atoms with Gasteiger partial charge in [0, 0.05) is 19.5 Å². The smallest absolute Gasteiger partial charge is 0.225 e. The van der Waals surface area contributed by atoms with Gasteiger partial charge in [-0.25, -0.2) is 4.98 Å². The fraction of sp³-hybridized carbons (Fsp3) is 0.556. The minimum Gasteiger partial charge on any atom is -0.340 e. The third-order valence-corrected chi connectivity index (χ3v) is 5.37. The maximum Gasteiger partial charge on any atom is 0.225 e. The highest BCUT2D eigenvalue weighted by atomic mass is 16.2. The summed E-state index contributed by atoms with van der Waals surface area (Å²) in [5.41, 5.74) is 2.20. The van der Waals surface area contributed by atoms with Crippen molar-refractivity contribution in [3.8, 4) is 0 Å². The van der Waals surface area contributed by atoms with Gasteiger partial charge in [0.1, 0.15) is 5.82 Å². The molecule has 3 atom stereocenters. The van der Waals surface area contributed by atoms with Crippen LogP contribution < -0.4 is 10.6 Å². The number of imidazole rings is 1. The van der Waals surface area contributed by atoms with Crippen molar-refractivity contribution in [2.45, 2.75) is 50.7 Å². The summed E-state index contributed by atoms with van der Waals surface area (Å²) in [6, 6.07) is 8.57. The van der Waals surface area contributed by atoms with E-state index in [4.69, 9.17) is 4.98 Å². The van der Waals surface area contributed by atoms with Crippen molar-refractivity contribution >= 4 is 16.9 Å². The summed E-state index contributed by atoms with van der Waals surface area (Å²) in [6.45, 7) is 0. The van der Waals surface area contributed by atoms with Gasteiger partial charge in [0.2, 0.25) is 5.91 Å². The molecule has 1 aliphatic carbocycles. The molecule has 0 bridgehead atoms. The van der Waals surface area contributed by atoms with Gasteiger partial charge in [-0.15, -0.1) is 0 Å². The molecule has 2 N–H and O–H groups in total. The van der Waals surface area contributed by atoms with Gasteiger partial charge in [0.25, 0.3) is 0 Å². The van der Waals surface area contributed by atoms with Crippen LogP contribution in [-0.4, -0.2) is 27.7 Å². The van der Waals surface area contributed by atoms with Crippen LogP contribution in [0.2, 0.25) is 0 Å². The summed E-state index contributed by atoms with van der Waals surface area (Å²) in [5, 5.41) is 6.79. The Morgan fingerprint density at radius 2 is 2.09 bits per heavy atom. The molecule has 4 rings (SSSR count). The van der Waals surface area contributed by atoms with Gasteiger partial charge in [0.05, 0.1) is 23.1 Å². The Bertz CT molecular complexity index is 723. The number of aryl methyl sites for hydroxylation is 2. The molecule has 0 radical (unpaired) electrons. The Morgan fingerprint density at radius 1 is 1.26 bits per heavy atom. The zero-order valence-corrected chi connectivity index (χ0v) is 13.6. The van der Waals surface area contributed by atoms with Crippen LogP contribution in [0.5, 0.6) is 0 Å². The van der Waals surface area contributed by atoms with Crippen molar-refractivity contribution in [2.75, 3.05) is 0 Å². The van der Waals surface area contributed by atoms with E-state index in [1.165, 1.54) is 12.8 Å². The standard InChI is InChI=1S/C18H24N4O/c1-22-15-9-5-4-8-14(15)20-17(22)11-10-16-19-13-7-3-2-6-12(13)18(23)21-16/h4-5,8-9,12-13,16,19H,2-3,6-7,10-11H2,1H3,(H,21,23). The fourth-order valence-corrected chi connectivity index (χ4v) is 4.07. The number of aromatic nitrogens is 2. The maximum absolute atomic E-state index is 12.3. The number of hydrogen-bond acceptors (Lipinski definition) is 3. The van der Waals surface area contributed by atoms with Gasteiger partial charge < -0.3 is 9.88 Å². The molecule has 1 saturated carbocycles. The van der Waals surface area contributed by atoms with Crippen molar-refractivity contribution < 1.29 is 4.79 Å². The molecule has 2 heterocycles. The molecule has 1 aromatic carbocycles. The topological polar surface area (TPSA) is 59.0 Å². The van der Waals surface area contributed by atoms with E-state index in [0.29, 0.717) is 6.04 Å². The summed E-state index contributed by atoms with van der Waals surface area (Å²) in [6.07, 6.45) is 6.38. The second-order valence-corrected chi connectivity index (χ2v) is 6.84. The first-order valence-corrected chi connectivity index (χ1v) is 8.69. The first-order chi connectivity index (χ1) is 11.2. The number of nitrogens with zero attached hydrogens (tertiary/aromatic N) is 2. The summed E-state index contributed by atoms with van der Waals surface area (Å²) in [5.74, 6) is 1.49. The van der Waals surface area contributed by atoms with Crippen LogP contribution in [0.25, 0.3) is 11.0 Å². The predicted octanol–water partition coefficient (Wildman–Crippen LogP) is 2.11.